The minimum Gasteiger partial charge on any atom is -0.322 e. The molecule has 4 nitrogen and oxygen atoms in total. The summed E-state index contributed by atoms with van der Waals surface area (Å²) in [6, 6.07) is 10.4. The van der Waals surface area contributed by atoms with E-state index in [4.69, 9.17) is 5.73 Å². The van der Waals surface area contributed by atoms with Crippen LogP contribution in [-0.2, 0) is 5.41 Å². The molecule has 0 aliphatic heterocycles. The number of H-pyrrole nitrogens is 1. The van der Waals surface area contributed by atoms with Crippen molar-refractivity contribution in [1.82, 2.24) is 15.2 Å². The molecule has 0 radical (unpaired) electrons. The van der Waals surface area contributed by atoms with Crippen molar-refractivity contribution in [3.8, 4) is 0 Å². The number of hydrogen-bond acceptors (Lipinski definition) is 3. The maximum atomic E-state index is 5.80. The van der Waals surface area contributed by atoms with Gasteiger partial charge in [-0.25, -0.2) is 4.98 Å². The molecule has 4 heteroatoms. The van der Waals surface area contributed by atoms with Gasteiger partial charge in [-0.2, -0.15) is 5.10 Å². The Kier molecular flexibility index (Phi) is 2.26. The summed E-state index contributed by atoms with van der Waals surface area (Å²) < 4.78 is 0. The number of aromatic nitrogens is 3. The second-order valence-corrected chi connectivity index (χ2v) is 4.78. The van der Waals surface area contributed by atoms with E-state index in [0.717, 1.165) is 24.5 Å². The largest absolute Gasteiger partial charge is 0.322 e. The van der Waals surface area contributed by atoms with Crippen molar-refractivity contribution in [3.63, 3.8) is 0 Å². The zero-order valence-corrected chi connectivity index (χ0v) is 9.85. The fourth-order valence-corrected chi connectivity index (χ4v) is 2.22. The SMILES string of the molecule is CC(N)c1nc(C2(c3ccccc3)CC2)n[nH]1. The van der Waals surface area contributed by atoms with Crippen LogP contribution in [0.15, 0.2) is 30.3 Å². The Morgan fingerprint density at radius 2 is 2.00 bits per heavy atom. The summed E-state index contributed by atoms with van der Waals surface area (Å²) in [5, 5.41) is 7.27. The number of nitrogens with one attached hydrogen (secondary N) is 1. The van der Waals surface area contributed by atoms with Gasteiger partial charge in [-0.1, -0.05) is 30.3 Å². The zero-order chi connectivity index (χ0) is 11.9. The van der Waals surface area contributed by atoms with E-state index < -0.39 is 0 Å². The van der Waals surface area contributed by atoms with Gasteiger partial charge in [0.25, 0.3) is 0 Å². The van der Waals surface area contributed by atoms with Gasteiger partial charge in [-0.3, -0.25) is 5.10 Å². The van der Waals surface area contributed by atoms with Crippen LogP contribution in [0.3, 0.4) is 0 Å². The summed E-state index contributed by atoms with van der Waals surface area (Å²) in [6.07, 6.45) is 2.24. The average molecular weight is 228 g/mol. The van der Waals surface area contributed by atoms with Crippen molar-refractivity contribution in [3.05, 3.63) is 47.5 Å². The van der Waals surface area contributed by atoms with E-state index in [1.807, 2.05) is 13.0 Å². The van der Waals surface area contributed by atoms with Crippen molar-refractivity contribution in [2.45, 2.75) is 31.2 Å². The summed E-state index contributed by atoms with van der Waals surface area (Å²) >= 11 is 0. The van der Waals surface area contributed by atoms with Crippen LogP contribution in [0.4, 0.5) is 0 Å². The lowest BCUT2D eigenvalue weighted by atomic mass is 9.95. The Bertz CT molecular complexity index is 511. The van der Waals surface area contributed by atoms with Crippen molar-refractivity contribution >= 4 is 0 Å². The molecule has 88 valence electrons. The molecule has 2 aromatic rings. The minimum atomic E-state index is -0.0946. The quantitative estimate of drug-likeness (QED) is 0.843. The molecule has 1 fully saturated rings. The van der Waals surface area contributed by atoms with Crippen molar-refractivity contribution in [2.75, 3.05) is 0 Å². The van der Waals surface area contributed by atoms with E-state index in [1.165, 1.54) is 5.56 Å². The third-order valence-corrected chi connectivity index (χ3v) is 3.44. The number of nitrogens with two attached hydrogens (primary N) is 1. The zero-order valence-electron chi connectivity index (χ0n) is 9.85. The van der Waals surface area contributed by atoms with E-state index in [1.54, 1.807) is 0 Å². The Labute approximate surface area is 100 Å². The van der Waals surface area contributed by atoms with Gasteiger partial charge in [0.15, 0.2) is 5.82 Å². The Morgan fingerprint density at radius 1 is 1.29 bits per heavy atom. The van der Waals surface area contributed by atoms with Gasteiger partial charge in [0.2, 0.25) is 0 Å². The van der Waals surface area contributed by atoms with Crippen LogP contribution in [0.5, 0.6) is 0 Å². The van der Waals surface area contributed by atoms with Gasteiger partial charge < -0.3 is 5.73 Å². The predicted molar refractivity (Wildman–Crippen MR) is 65.4 cm³/mol. The molecule has 17 heavy (non-hydrogen) atoms. The van der Waals surface area contributed by atoms with E-state index >= 15 is 0 Å². The summed E-state index contributed by atoms with van der Waals surface area (Å²) in [5.41, 5.74) is 7.13. The van der Waals surface area contributed by atoms with Crippen LogP contribution in [0.25, 0.3) is 0 Å². The third-order valence-electron chi connectivity index (χ3n) is 3.44. The van der Waals surface area contributed by atoms with Crippen molar-refractivity contribution in [2.24, 2.45) is 5.73 Å². The summed E-state index contributed by atoms with van der Waals surface area (Å²) in [7, 11) is 0. The van der Waals surface area contributed by atoms with Crippen LogP contribution >= 0.6 is 0 Å². The molecule has 0 saturated heterocycles. The van der Waals surface area contributed by atoms with Gasteiger partial charge in [-0.15, -0.1) is 0 Å². The van der Waals surface area contributed by atoms with Gasteiger partial charge >= 0.3 is 0 Å². The third kappa shape index (κ3) is 1.65. The molecule has 1 aliphatic rings. The van der Waals surface area contributed by atoms with Crippen LogP contribution in [0.1, 0.15) is 43.0 Å². The molecule has 1 saturated carbocycles. The smallest absolute Gasteiger partial charge is 0.161 e. The van der Waals surface area contributed by atoms with E-state index in [9.17, 15) is 0 Å². The minimum absolute atomic E-state index is 0.0326. The number of hydrogen-bond donors (Lipinski definition) is 2. The normalized spacial score (nSPS) is 18.9. The monoisotopic (exact) mass is 228 g/mol. The van der Waals surface area contributed by atoms with Crippen LogP contribution in [-0.4, -0.2) is 15.2 Å². The predicted octanol–water partition coefficient (Wildman–Crippen LogP) is 1.90. The molecular formula is C13H16N4. The summed E-state index contributed by atoms with van der Waals surface area (Å²) in [5.74, 6) is 1.65. The molecule has 1 heterocycles. The van der Waals surface area contributed by atoms with Crippen LogP contribution < -0.4 is 5.73 Å². The fraction of sp³-hybridized carbons (Fsp3) is 0.385. The maximum Gasteiger partial charge on any atom is 0.161 e. The molecule has 3 N–H and O–H groups in total. The highest BCUT2D eigenvalue weighted by molar-refractivity contribution is 5.38. The standard InChI is InChI=1S/C13H16N4/c1-9(14)11-15-12(17-16-11)13(7-8-13)10-5-3-2-4-6-10/h2-6,9H,7-8,14H2,1H3,(H,15,16,17). The van der Waals surface area contributed by atoms with Gasteiger partial charge in [0, 0.05) is 0 Å². The second kappa shape index (κ2) is 3.67. The maximum absolute atomic E-state index is 5.80. The Balaban J connectivity index is 1.98. The fourth-order valence-electron chi connectivity index (χ4n) is 2.22. The molecule has 0 bridgehead atoms. The topological polar surface area (TPSA) is 67.6 Å². The van der Waals surface area contributed by atoms with Crippen LogP contribution in [0.2, 0.25) is 0 Å². The molecule has 1 unspecified atom stereocenters. The Morgan fingerprint density at radius 3 is 2.53 bits per heavy atom. The van der Waals surface area contributed by atoms with Crippen molar-refractivity contribution in [1.29, 1.82) is 0 Å². The first-order valence-corrected chi connectivity index (χ1v) is 5.96. The van der Waals surface area contributed by atoms with Crippen LogP contribution in [0, 0.1) is 0 Å². The first-order chi connectivity index (χ1) is 8.22. The van der Waals surface area contributed by atoms with Gasteiger partial charge in [0.05, 0.1) is 11.5 Å². The summed E-state index contributed by atoms with van der Waals surface area (Å²) in [4.78, 5) is 4.53. The molecule has 3 rings (SSSR count). The molecule has 1 aliphatic carbocycles. The molecular weight excluding hydrogens is 212 g/mol. The number of rotatable bonds is 3. The van der Waals surface area contributed by atoms with E-state index in [-0.39, 0.29) is 11.5 Å². The van der Waals surface area contributed by atoms with E-state index in [0.29, 0.717) is 0 Å². The molecule has 0 spiro atoms. The first-order valence-electron chi connectivity index (χ1n) is 5.96. The number of benzene rings is 1. The number of nitrogens with zero attached hydrogens (tertiary/aromatic N) is 2. The highest BCUT2D eigenvalue weighted by atomic mass is 15.2. The molecule has 1 aromatic carbocycles. The lowest BCUT2D eigenvalue weighted by Crippen LogP contribution is -2.11. The van der Waals surface area contributed by atoms with Crippen molar-refractivity contribution < 1.29 is 0 Å². The molecule has 0 amide bonds. The average Bonchev–Trinajstić information content (AvgIpc) is 3.00. The number of aromatic amines is 1. The van der Waals surface area contributed by atoms with E-state index in [2.05, 4.69) is 39.4 Å². The van der Waals surface area contributed by atoms with Gasteiger partial charge in [0.1, 0.15) is 5.82 Å². The summed E-state index contributed by atoms with van der Waals surface area (Å²) in [6.45, 7) is 1.91. The lowest BCUT2D eigenvalue weighted by Gasteiger charge is -2.10. The highest BCUT2D eigenvalue weighted by Crippen LogP contribution is 2.52. The first kappa shape index (κ1) is 10.5. The Hall–Kier alpha value is -1.68. The lowest BCUT2D eigenvalue weighted by molar-refractivity contribution is 0.738. The molecule has 1 atom stereocenters. The second-order valence-electron chi connectivity index (χ2n) is 4.78. The van der Waals surface area contributed by atoms with Gasteiger partial charge in [-0.05, 0) is 25.3 Å². The molecule has 1 aromatic heterocycles. The highest BCUT2D eigenvalue weighted by Gasteiger charge is 2.49.